The third-order valence-corrected chi connectivity index (χ3v) is 7.74. The first kappa shape index (κ1) is 17.7. The molecular formula is C18H17N3O5S2. The van der Waals surface area contributed by atoms with E-state index in [1.807, 2.05) is 0 Å². The lowest BCUT2D eigenvalue weighted by molar-refractivity contribution is 0.174. The van der Waals surface area contributed by atoms with Gasteiger partial charge in [0.1, 0.15) is 4.21 Å². The van der Waals surface area contributed by atoms with E-state index in [1.54, 1.807) is 29.6 Å². The maximum Gasteiger partial charge on any atom is 0.250 e. The minimum atomic E-state index is -3.65. The molecule has 1 fully saturated rings. The topological polar surface area (TPSA) is 104 Å². The molecule has 2 aliphatic rings. The molecule has 1 aliphatic carbocycles. The molecule has 146 valence electrons. The Morgan fingerprint density at radius 1 is 1.18 bits per heavy atom. The van der Waals surface area contributed by atoms with Crippen molar-refractivity contribution in [2.24, 2.45) is 0 Å². The standard InChI is InChI=1S/C18H17N3O5S2/c22-28(23,19-8-11-4-5-14-15(6-11)25-10-24-14)16-7-13(9-27-16)17-20-18(26-21-17)12-2-1-3-12/h4-7,9,12,19H,1-3,8,10H2. The van der Waals surface area contributed by atoms with Gasteiger partial charge in [-0.05, 0) is 36.6 Å². The van der Waals surface area contributed by atoms with Crippen molar-refractivity contribution in [1.29, 1.82) is 0 Å². The van der Waals surface area contributed by atoms with Crippen LogP contribution in [0.2, 0.25) is 0 Å². The van der Waals surface area contributed by atoms with Gasteiger partial charge in [-0.3, -0.25) is 0 Å². The fraction of sp³-hybridized carbons (Fsp3) is 0.333. The zero-order chi connectivity index (χ0) is 19.1. The van der Waals surface area contributed by atoms with Crippen LogP contribution in [0.3, 0.4) is 0 Å². The van der Waals surface area contributed by atoms with E-state index in [2.05, 4.69) is 14.9 Å². The first-order valence-electron chi connectivity index (χ1n) is 8.89. The van der Waals surface area contributed by atoms with E-state index in [-0.39, 0.29) is 17.5 Å². The lowest BCUT2D eigenvalue weighted by Gasteiger charge is -2.20. The van der Waals surface area contributed by atoms with Gasteiger partial charge in [-0.2, -0.15) is 4.98 Å². The second-order valence-electron chi connectivity index (χ2n) is 6.75. The van der Waals surface area contributed by atoms with Crippen molar-refractivity contribution >= 4 is 21.4 Å². The van der Waals surface area contributed by atoms with Crippen LogP contribution in [0, 0.1) is 0 Å². The van der Waals surface area contributed by atoms with E-state index in [0.29, 0.717) is 34.7 Å². The summed E-state index contributed by atoms with van der Waals surface area (Å²) in [6.45, 7) is 0.335. The van der Waals surface area contributed by atoms with E-state index < -0.39 is 10.0 Å². The summed E-state index contributed by atoms with van der Waals surface area (Å²) in [5, 5.41) is 5.72. The molecule has 1 aliphatic heterocycles. The average Bonchev–Trinajstić information content (AvgIpc) is 3.37. The van der Waals surface area contributed by atoms with E-state index in [9.17, 15) is 8.42 Å². The van der Waals surface area contributed by atoms with Crippen molar-refractivity contribution < 1.29 is 22.4 Å². The molecule has 8 nitrogen and oxygen atoms in total. The fourth-order valence-electron chi connectivity index (χ4n) is 3.05. The Labute approximate surface area is 165 Å². The molecule has 0 atom stereocenters. The van der Waals surface area contributed by atoms with Crippen LogP contribution in [0.15, 0.2) is 38.4 Å². The Kier molecular flexibility index (Phi) is 4.33. The second kappa shape index (κ2) is 6.87. The minimum absolute atomic E-state index is 0.153. The number of benzene rings is 1. The molecule has 0 unspecified atom stereocenters. The van der Waals surface area contributed by atoms with Crippen molar-refractivity contribution in [3.05, 3.63) is 41.1 Å². The number of rotatable bonds is 6. The summed E-state index contributed by atoms with van der Waals surface area (Å²) in [6.07, 6.45) is 3.31. The first-order chi connectivity index (χ1) is 13.6. The Hall–Kier alpha value is -2.43. The van der Waals surface area contributed by atoms with Crippen LogP contribution in [0.25, 0.3) is 11.4 Å². The van der Waals surface area contributed by atoms with E-state index >= 15 is 0 Å². The summed E-state index contributed by atoms with van der Waals surface area (Å²) in [5.74, 6) is 2.69. The number of hydrogen-bond donors (Lipinski definition) is 1. The van der Waals surface area contributed by atoms with Gasteiger partial charge in [0, 0.05) is 23.4 Å². The van der Waals surface area contributed by atoms with Crippen molar-refractivity contribution in [1.82, 2.24) is 14.9 Å². The van der Waals surface area contributed by atoms with Gasteiger partial charge in [-0.1, -0.05) is 17.6 Å². The quantitative estimate of drug-likeness (QED) is 0.654. The zero-order valence-corrected chi connectivity index (χ0v) is 16.4. The van der Waals surface area contributed by atoms with Crippen LogP contribution >= 0.6 is 11.3 Å². The molecule has 5 rings (SSSR count). The number of fused-ring (bicyclic) bond motifs is 1. The Morgan fingerprint density at radius 2 is 2.04 bits per heavy atom. The molecule has 1 saturated carbocycles. The third kappa shape index (κ3) is 3.27. The molecule has 0 amide bonds. The zero-order valence-electron chi connectivity index (χ0n) is 14.8. The Balaban J connectivity index is 1.29. The normalized spacial score (nSPS) is 16.3. The third-order valence-electron chi connectivity index (χ3n) is 4.90. The molecule has 0 saturated heterocycles. The molecule has 10 heteroatoms. The molecule has 28 heavy (non-hydrogen) atoms. The minimum Gasteiger partial charge on any atom is -0.454 e. The molecule has 1 aromatic carbocycles. The summed E-state index contributed by atoms with van der Waals surface area (Å²) in [6, 6.07) is 6.91. The van der Waals surface area contributed by atoms with Crippen LogP contribution in [-0.2, 0) is 16.6 Å². The van der Waals surface area contributed by atoms with Crippen molar-refractivity contribution in [3.63, 3.8) is 0 Å². The van der Waals surface area contributed by atoms with Gasteiger partial charge in [-0.25, -0.2) is 13.1 Å². The molecule has 3 heterocycles. The molecule has 3 aromatic rings. The summed E-state index contributed by atoms with van der Waals surface area (Å²) in [5.41, 5.74) is 1.43. The highest BCUT2D eigenvalue weighted by Crippen LogP contribution is 2.36. The number of ether oxygens (including phenoxy) is 2. The van der Waals surface area contributed by atoms with Crippen molar-refractivity contribution in [2.75, 3.05) is 6.79 Å². The highest BCUT2D eigenvalue weighted by atomic mass is 32.2. The van der Waals surface area contributed by atoms with Gasteiger partial charge in [0.05, 0.1) is 0 Å². The van der Waals surface area contributed by atoms with Crippen molar-refractivity contribution in [2.45, 2.75) is 35.9 Å². The maximum atomic E-state index is 12.6. The first-order valence-corrected chi connectivity index (χ1v) is 11.3. The van der Waals surface area contributed by atoms with Gasteiger partial charge in [0.25, 0.3) is 0 Å². The maximum absolute atomic E-state index is 12.6. The van der Waals surface area contributed by atoms with Gasteiger partial charge in [0.2, 0.25) is 28.5 Å². The number of nitrogens with one attached hydrogen (secondary N) is 1. The average molecular weight is 419 g/mol. The Bertz CT molecular complexity index is 1120. The molecule has 1 N–H and O–H groups in total. The van der Waals surface area contributed by atoms with E-state index in [0.717, 1.165) is 29.7 Å². The van der Waals surface area contributed by atoms with E-state index in [4.69, 9.17) is 14.0 Å². The molecule has 0 bridgehead atoms. The number of nitrogens with zero attached hydrogens (tertiary/aromatic N) is 2. The predicted octanol–water partition coefficient (Wildman–Crippen LogP) is 3.27. The van der Waals surface area contributed by atoms with Gasteiger partial charge in [0.15, 0.2) is 11.5 Å². The molecule has 2 aromatic heterocycles. The summed E-state index contributed by atoms with van der Waals surface area (Å²) < 4.78 is 44.0. The van der Waals surface area contributed by atoms with Crippen LogP contribution in [-0.4, -0.2) is 25.4 Å². The summed E-state index contributed by atoms with van der Waals surface area (Å²) in [4.78, 5) is 4.41. The smallest absolute Gasteiger partial charge is 0.250 e. The monoisotopic (exact) mass is 419 g/mol. The van der Waals surface area contributed by atoms with Crippen molar-refractivity contribution in [3.8, 4) is 22.9 Å². The van der Waals surface area contributed by atoms with Crippen LogP contribution in [0.5, 0.6) is 11.5 Å². The summed E-state index contributed by atoms with van der Waals surface area (Å²) >= 11 is 1.13. The lowest BCUT2D eigenvalue weighted by atomic mass is 9.85. The largest absolute Gasteiger partial charge is 0.454 e. The van der Waals surface area contributed by atoms with Crippen LogP contribution in [0.1, 0.15) is 36.6 Å². The highest BCUT2D eigenvalue weighted by molar-refractivity contribution is 7.91. The summed E-state index contributed by atoms with van der Waals surface area (Å²) in [7, 11) is -3.65. The number of hydrogen-bond acceptors (Lipinski definition) is 8. The second-order valence-corrected chi connectivity index (χ2v) is 9.66. The SMILES string of the molecule is O=S(=O)(NCc1ccc2c(c1)OCO2)c1cc(-c2noc(C3CCC3)n2)cs1. The van der Waals surface area contributed by atoms with Crippen LogP contribution < -0.4 is 14.2 Å². The molecular weight excluding hydrogens is 402 g/mol. The number of thiophene rings is 1. The number of sulfonamides is 1. The van der Waals surface area contributed by atoms with E-state index in [1.165, 1.54) is 6.42 Å². The molecule has 0 spiro atoms. The Morgan fingerprint density at radius 3 is 2.86 bits per heavy atom. The predicted molar refractivity (Wildman–Crippen MR) is 101 cm³/mol. The number of aromatic nitrogens is 2. The van der Waals surface area contributed by atoms with Gasteiger partial charge >= 0.3 is 0 Å². The molecule has 0 radical (unpaired) electrons. The van der Waals surface area contributed by atoms with Crippen LogP contribution in [0.4, 0.5) is 0 Å². The fourth-order valence-corrected chi connectivity index (χ4v) is 5.27. The lowest BCUT2D eigenvalue weighted by Crippen LogP contribution is -2.22. The van der Waals surface area contributed by atoms with Gasteiger partial charge in [-0.15, -0.1) is 11.3 Å². The van der Waals surface area contributed by atoms with Gasteiger partial charge < -0.3 is 14.0 Å². The highest BCUT2D eigenvalue weighted by Gasteiger charge is 2.26.